The molecular weight excluding hydrogens is 513 g/mol. The van der Waals surface area contributed by atoms with Crippen LogP contribution in [-0.2, 0) is 6.42 Å². The Bertz CT molecular complexity index is 796. The zero-order valence-corrected chi connectivity index (χ0v) is 20.7. The number of ether oxygens (including phenoxy) is 1. The SMILES string of the molecule is CN=C(NCCc1ccc(Cl)nc1)NCC(c1ccccc1OC)N1CCCC1.I. The summed E-state index contributed by atoms with van der Waals surface area (Å²) in [7, 11) is 3.53. The Morgan fingerprint density at radius 3 is 2.63 bits per heavy atom. The molecule has 2 N–H and O–H groups in total. The van der Waals surface area contributed by atoms with E-state index in [0.29, 0.717) is 5.15 Å². The smallest absolute Gasteiger partial charge is 0.191 e. The first kappa shape index (κ1) is 24.7. The lowest BCUT2D eigenvalue weighted by molar-refractivity contribution is 0.239. The molecule has 0 aliphatic carbocycles. The predicted octanol–water partition coefficient (Wildman–Crippen LogP) is 3.91. The molecule has 8 heteroatoms. The first-order valence-corrected chi connectivity index (χ1v) is 10.5. The molecule has 1 aromatic heterocycles. The third-order valence-electron chi connectivity index (χ3n) is 5.26. The predicted molar refractivity (Wildman–Crippen MR) is 134 cm³/mol. The summed E-state index contributed by atoms with van der Waals surface area (Å²) in [6.45, 7) is 3.76. The number of halogens is 2. The highest BCUT2D eigenvalue weighted by atomic mass is 127. The summed E-state index contributed by atoms with van der Waals surface area (Å²) < 4.78 is 5.63. The Hall–Kier alpha value is -1.58. The molecule has 6 nitrogen and oxygen atoms in total. The summed E-state index contributed by atoms with van der Waals surface area (Å²) in [6.07, 6.45) is 5.15. The minimum Gasteiger partial charge on any atom is -0.496 e. The minimum atomic E-state index is 0. The second-order valence-corrected chi connectivity index (χ2v) is 7.51. The molecule has 30 heavy (non-hydrogen) atoms. The van der Waals surface area contributed by atoms with Crippen molar-refractivity contribution in [3.8, 4) is 5.75 Å². The molecule has 2 heterocycles. The number of guanidine groups is 1. The number of hydrogen-bond donors (Lipinski definition) is 2. The van der Waals surface area contributed by atoms with Crippen LogP contribution in [0.1, 0.15) is 30.0 Å². The summed E-state index contributed by atoms with van der Waals surface area (Å²) in [5, 5.41) is 7.40. The molecule has 0 saturated carbocycles. The fraction of sp³-hybridized carbons (Fsp3) is 0.455. The Kier molecular flexibility index (Phi) is 10.7. The number of pyridine rings is 1. The average molecular weight is 544 g/mol. The molecule has 1 atom stereocenters. The number of rotatable bonds is 8. The van der Waals surface area contributed by atoms with Crippen LogP contribution in [0.2, 0.25) is 5.15 Å². The van der Waals surface area contributed by atoms with Gasteiger partial charge in [0.25, 0.3) is 0 Å². The molecule has 0 bridgehead atoms. The highest BCUT2D eigenvalue weighted by Crippen LogP contribution is 2.31. The van der Waals surface area contributed by atoms with Gasteiger partial charge in [-0.05, 0) is 50.0 Å². The molecule has 0 amide bonds. The minimum absolute atomic E-state index is 0. The Balaban J connectivity index is 0.00000320. The normalized spacial score (nSPS) is 15.4. The molecule has 1 unspecified atom stereocenters. The van der Waals surface area contributed by atoms with Crippen LogP contribution in [-0.4, -0.2) is 56.2 Å². The first-order chi connectivity index (χ1) is 14.2. The standard InChI is InChI=1S/C22H30ClN5O.HI/c1-24-22(25-12-11-17-9-10-21(23)26-15-17)27-16-19(28-13-5-6-14-28)18-7-3-4-8-20(18)29-2;/h3-4,7-10,15,19H,5-6,11-14,16H2,1-2H3,(H2,24,25,27);1H. The van der Waals surface area contributed by atoms with Gasteiger partial charge in [0.2, 0.25) is 0 Å². The zero-order chi connectivity index (χ0) is 20.5. The summed E-state index contributed by atoms with van der Waals surface area (Å²) in [4.78, 5) is 11.0. The van der Waals surface area contributed by atoms with Gasteiger partial charge in [0.15, 0.2) is 5.96 Å². The van der Waals surface area contributed by atoms with Gasteiger partial charge < -0.3 is 15.4 Å². The number of likely N-dealkylation sites (tertiary alicyclic amines) is 1. The zero-order valence-electron chi connectivity index (χ0n) is 17.6. The monoisotopic (exact) mass is 543 g/mol. The topological polar surface area (TPSA) is 61.8 Å². The maximum Gasteiger partial charge on any atom is 0.191 e. The van der Waals surface area contributed by atoms with E-state index in [-0.39, 0.29) is 30.0 Å². The van der Waals surface area contributed by atoms with Crippen LogP contribution in [0.5, 0.6) is 5.75 Å². The van der Waals surface area contributed by atoms with Crippen molar-refractivity contribution >= 4 is 41.5 Å². The van der Waals surface area contributed by atoms with E-state index in [4.69, 9.17) is 16.3 Å². The largest absolute Gasteiger partial charge is 0.496 e. The third kappa shape index (κ3) is 6.99. The lowest BCUT2D eigenvalue weighted by Gasteiger charge is -2.30. The number of nitrogens with one attached hydrogen (secondary N) is 2. The Morgan fingerprint density at radius 2 is 1.97 bits per heavy atom. The van der Waals surface area contributed by atoms with Gasteiger partial charge >= 0.3 is 0 Å². The fourth-order valence-corrected chi connectivity index (χ4v) is 3.84. The van der Waals surface area contributed by atoms with Gasteiger partial charge in [-0.2, -0.15) is 0 Å². The van der Waals surface area contributed by atoms with Crippen molar-refractivity contribution in [2.75, 3.05) is 40.3 Å². The van der Waals surface area contributed by atoms with Crippen molar-refractivity contribution in [2.45, 2.75) is 25.3 Å². The highest BCUT2D eigenvalue weighted by molar-refractivity contribution is 14.0. The lowest BCUT2D eigenvalue weighted by Crippen LogP contribution is -2.43. The van der Waals surface area contributed by atoms with Crippen molar-refractivity contribution in [1.82, 2.24) is 20.5 Å². The molecule has 1 fully saturated rings. The molecule has 3 rings (SSSR count). The Labute approximate surface area is 201 Å². The summed E-state index contributed by atoms with van der Waals surface area (Å²) in [5.41, 5.74) is 2.36. The Morgan fingerprint density at radius 1 is 1.20 bits per heavy atom. The second-order valence-electron chi connectivity index (χ2n) is 7.12. The van der Waals surface area contributed by atoms with E-state index in [9.17, 15) is 0 Å². The van der Waals surface area contributed by atoms with E-state index in [1.807, 2.05) is 30.5 Å². The molecule has 1 saturated heterocycles. The maximum atomic E-state index is 5.85. The molecule has 2 aromatic rings. The van der Waals surface area contributed by atoms with Gasteiger partial charge in [-0.1, -0.05) is 35.9 Å². The number of aromatic nitrogens is 1. The summed E-state index contributed by atoms with van der Waals surface area (Å²) in [5.74, 6) is 1.73. The van der Waals surface area contributed by atoms with Crippen LogP contribution >= 0.6 is 35.6 Å². The van der Waals surface area contributed by atoms with E-state index in [0.717, 1.165) is 49.9 Å². The van der Waals surface area contributed by atoms with Gasteiger partial charge in [-0.25, -0.2) is 4.98 Å². The van der Waals surface area contributed by atoms with E-state index in [1.165, 1.54) is 18.4 Å². The van der Waals surface area contributed by atoms with Gasteiger partial charge in [0.05, 0.1) is 13.2 Å². The molecule has 1 aromatic carbocycles. The number of para-hydroxylation sites is 1. The highest BCUT2D eigenvalue weighted by Gasteiger charge is 2.25. The number of benzene rings is 1. The van der Waals surface area contributed by atoms with Crippen LogP contribution in [0.25, 0.3) is 0 Å². The van der Waals surface area contributed by atoms with Crippen molar-refractivity contribution in [2.24, 2.45) is 4.99 Å². The lowest BCUT2D eigenvalue weighted by atomic mass is 10.0. The van der Waals surface area contributed by atoms with E-state index in [1.54, 1.807) is 14.2 Å². The van der Waals surface area contributed by atoms with Crippen molar-refractivity contribution in [3.63, 3.8) is 0 Å². The molecule has 0 radical (unpaired) electrons. The molecule has 0 spiro atoms. The van der Waals surface area contributed by atoms with E-state index >= 15 is 0 Å². The molecular formula is C22H31ClIN5O. The first-order valence-electron chi connectivity index (χ1n) is 10.1. The number of hydrogen-bond acceptors (Lipinski definition) is 4. The maximum absolute atomic E-state index is 5.85. The van der Waals surface area contributed by atoms with Crippen LogP contribution < -0.4 is 15.4 Å². The van der Waals surface area contributed by atoms with Gasteiger partial charge in [0, 0.05) is 31.9 Å². The van der Waals surface area contributed by atoms with Crippen molar-refractivity contribution < 1.29 is 4.74 Å². The molecule has 1 aliphatic heterocycles. The van der Waals surface area contributed by atoms with Crippen LogP contribution in [0, 0.1) is 0 Å². The van der Waals surface area contributed by atoms with E-state index in [2.05, 4.69) is 37.6 Å². The average Bonchev–Trinajstić information content (AvgIpc) is 3.29. The van der Waals surface area contributed by atoms with E-state index < -0.39 is 0 Å². The van der Waals surface area contributed by atoms with Gasteiger partial charge in [-0.15, -0.1) is 24.0 Å². The van der Waals surface area contributed by atoms with Gasteiger partial charge in [-0.3, -0.25) is 9.89 Å². The van der Waals surface area contributed by atoms with Crippen LogP contribution in [0.3, 0.4) is 0 Å². The quantitative estimate of drug-likeness (QED) is 0.229. The van der Waals surface area contributed by atoms with Crippen molar-refractivity contribution in [3.05, 3.63) is 58.9 Å². The van der Waals surface area contributed by atoms with Crippen LogP contribution in [0.15, 0.2) is 47.6 Å². The summed E-state index contributed by atoms with van der Waals surface area (Å²) in [6, 6.07) is 12.3. The number of methoxy groups -OCH3 is 1. The third-order valence-corrected chi connectivity index (χ3v) is 5.48. The van der Waals surface area contributed by atoms with Gasteiger partial charge in [0.1, 0.15) is 10.9 Å². The summed E-state index contributed by atoms with van der Waals surface area (Å²) >= 11 is 5.85. The second kappa shape index (κ2) is 13.0. The van der Waals surface area contributed by atoms with Crippen molar-refractivity contribution in [1.29, 1.82) is 0 Å². The number of aliphatic imine (C=N–C) groups is 1. The fourth-order valence-electron chi connectivity index (χ4n) is 3.72. The van der Waals surface area contributed by atoms with Crippen LogP contribution in [0.4, 0.5) is 0 Å². The number of nitrogens with zero attached hydrogens (tertiary/aromatic N) is 3. The molecule has 164 valence electrons. The molecule has 1 aliphatic rings.